The quantitative estimate of drug-likeness (QED) is 0.842. The van der Waals surface area contributed by atoms with Gasteiger partial charge in [0.05, 0.1) is 12.3 Å². The van der Waals surface area contributed by atoms with Crippen LogP contribution >= 0.6 is 0 Å². The van der Waals surface area contributed by atoms with Crippen LogP contribution in [0.2, 0.25) is 0 Å². The molecule has 1 aliphatic rings. The second-order valence-corrected chi connectivity index (χ2v) is 5.15. The summed E-state index contributed by atoms with van der Waals surface area (Å²) in [5, 5.41) is 3.38. The van der Waals surface area contributed by atoms with Gasteiger partial charge in [-0.15, -0.1) is 0 Å². The van der Waals surface area contributed by atoms with Crippen LogP contribution < -0.4 is 10.2 Å². The Kier molecular flexibility index (Phi) is 5.22. The lowest BCUT2D eigenvalue weighted by Crippen LogP contribution is -2.45. The van der Waals surface area contributed by atoms with Crippen LogP contribution in [0.1, 0.15) is 25.5 Å². The normalized spacial score (nSPS) is 19.9. The van der Waals surface area contributed by atoms with E-state index in [0.29, 0.717) is 6.04 Å². The lowest BCUT2D eigenvalue weighted by molar-refractivity contribution is 0.187. The molecule has 0 saturated carbocycles. The van der Waals surface area contributed by atoms with Crippen LogP contribution in [0.3, 0.4) is 0 Å². The molecule has 1 aliphatic heterocycles. The lowest BCUT2D eigenvalue weighted by atomic mass is 10.1. The molecule has 0 aromatic carbocycles. The summed E-state index contributed by atoms with van der Waals surface area (Å²) in [6.07, 6.45) is 5.63. The number of imidazole rings is 1. The Bertz CT molecular complexity index is 391. The molecule has 1 N–H and O–H groups in total. The summed E-state index contributed by atoms with van der Waals surface area (Å²) < 4.78 is 7.43. The Balaban J connectivity index is 2.14. The number of rotatable bonds is 6. The van der Waals surface area contributed by atoms with Crippen molar-refractivity contribution in [3.63, 3.8) is 0 Å². The molecule has 19 heavy (non-hydrogen) atoms. The molecule has 0 aliphatic carbocycles. The van der Waals surface area contributed by atoms with Crippen molar-refractivity contribution in [2.75, 3.05) is 38.8 Å². The van der Waals surface area contributed by atoms with Crippen LogP contribution in [-0.2, 0) is 17.7 Å². The molecular formula is C14H26N4O. The summed E-state index contributed by atoms with van der Waals surface area (Å²) in [5.41, 5.74) is 1.16. The highest BCUT2D eigenvalue weighted by molar-refractivity contribution is 5.35. The Morgan fingerprint density at radius 1 is 1.53 bits per heavy atom. The van der Waals surface area contributed by atoms with E-state index >= 15 is 0 Å². The summed E-state index contributed by atoms with van der Waals surface area (Å²) in [5.74, 6) is 1.11. The molecule has 0 bridgehead atoms. The smallest absolute Gasteiger partial charge is 0.205 e. The van der Waals surface area contributed by atoms with Gasteiger partial charge in [-0.25, -0.2) is 4.98 Å². The van der Waals surface area contributed by atoms with Gasteiger partial charge in [-0.1, -0.05) is 6.92 Å². The summed E-state index contributed by atoms with van der Waals surface area (Å²) in [7, 11) is 3.79. The number of piperidine rings is 1. The van der Waals surface area contributed by atoms with E-state index in [-0.39, 0.29) is 0 Å². The van der Waals surface area contributed by atoms with E-state index < -0.39 is 0 Å². The minimum atomic E-state index is 0.575. The topological polar surface area (TPSA) is 42.3 Å². The average molecular weight is 266 g/mol. The van der Waals surface area contributed by atoms with Crippen LogP contribution in [0.15, 0.2) is 6.20 Å². The summed E-state index contributed by atoms with van der Waals surface area (Å²) in [6.45, 7) is 5.91. The number of methoxy groups -OCH3 is 1. The molecule has 1 unspecified atom stereocenters. The first kappa shape index (κ1) is 14.3. The number of hydrogen-bond acceptors (Lipinski definition) is 4. The van der Waals surface area contributed by atoms with Crippen molar-refractivity contribution in [3.8, 4) is 0 Å². The minimum absolute atomic E-state index is 0.575. The molecule has 1 aromatic rings. The zero-order valence-corrected chi connectivity index (χ0v) is 12.4. The predicted octanol–water partition coefficient (Wildman–Crippen LogP) is 1.28. The van der Waals surface area contributed by atoms with E-state index in [4.69, 9.17) is 9.72 Å². The number of nitrogens with zero attached hydrogens (tertiary/aromatic N) is 3. The Morgan fingerprint density at radius 3 is 3.05 bits per heavy atom. The van der Waals surface area contributed by atoms with E-state index in [0.717, 1.165) is 44.3 Å². The maximum absolute atomic E-state index is 5.19. The maximum Gasteiger partial charge on any atom is 0.205 e. The fourth-order valence-corrected chi connectivity index (χ4v) is 2.63. The summed E-state index contributed by atoms with van der Waals surface area (Å²) in [4.78, 5) is 7.18. The highest BCUT2D eigenvalue weighted by Gasteiger charge is 2.22. The monoisotopic (exact) mass is 266 g/mol. The molecule has 0 amide bonds. The summed E-state index contributed by atoms with van der Waals surface area (Å²) >= 11 is 0. The first-order valence-electron chi connectivity index (χ1n) is 7.25. The van der Waals surface area contributed by atoms with Gasteiger partial charge in [0, 0.05) is 39.0 Å². The number of aromatic nitrogens is 2. The van der Waals surface area contributed by atoms with Gasteiger partial charge in [-0.2, -0.15) is 0 Å². The van der Waals surface area contributed by atoms with Gasteiger partial charge in [-0.05, 0) is 26.3 Å². The summed E-state index contributed by atoms with van der Waals surface area (Å²) in [6, 6.07) is 0.575. The number of ether oxygens (including phenoxy) is 1. The van der Waals surface area contributed by atoms with Crippen molar-refractivity contribution in [2.45, 2.75) is 38.8 Å². The molecular weight excluding hydrogens is 240 g/mol. The standard InChI is InChI=1S/C14H26N4O/c1-4-12-10-18(8-9-19-3)14(16-12)17-7-5-6-13(11-17)15-2/h10,13,15H,4-9,11H2,1-3H3. The van der Waals surface area contributed by atoms with Crippen molar-refractivity contribution >= 4 is 5.95 Å². The molecule has 2 rings (SSSR count). The van der Waals surface area contributed by atoms with Crippen LogP contribution in [-0.4, -0.2) is 49.4 Å². The van der Waals surface area contributed by atoms with Crippen molar-refractivity contribution in [3.05, 3.63) is 11.9 Å². The molecule has 1 fully saturated rings. The van der Waals surface area contributed by atoms with Gasteiger partial charge in [0.1, 0.15) is 0 Å². The van der Waals surface area contributed by atoms with E-state index in [1.54, 1.807) is 7.11 Å². The van der Waals surface area contributed by atoms with Crippen LogP contribution in [0, 0.1) is 0 Å². The van der Waals surface area contributed by atoms with Gasteiger partial charge in [-0.3, -0.25) is 0 Å². The second kappa shape index (κ2) is 6.91. The minimum Gasteiger partial charge on any atom is -0.383 e. The lowest BCUT2D eigenvalue weighted by Gasteiger charge is -2.33. The van der Waals surface area contributed by atoms with Gasteiger partial charge >= 0.3 is 0 Å². The van der Waals surface area contributed by atoms with Crippen molar-refractivity contribution < 1.29 is 4.74 Å². The van der Waals surface area contributed by atoms with E-state index in [1.165, 1.54) is 12.8 Å². The first-order valence-corrected chi connectivity index (χ1v) is 7.25. The fourth-order valence-electron chi connectivity index (χ4n) is 2.63. The van der Waals surface area contributed by atoms with E-state index in [9.17, 15) is 0 Å². The fraction of sp³-hybridized carbons (Fsp3) is 0.786. The van der Waals surface area contributed by atoms with Gasteiger partial charge in [0.2, 0.25) is 5.95 Å². The third-order valence-corrected chi connectivity index (χ3v) is 3.82. The van der Waals surface area contributed by atoms with E-state index in [1.807, 2.05) is 7.05 Å². The van der Waals surface area contributed by atoms with Gasteiger partial charge < -0.3 is 19.5 Å². The van der Waals surface area contributed by atoms with Crippen molar-refractivity contribution in [1.82, 2.24) is 14.9 Å². The SMILES string of the molecule is CCc1cn(CCOC)c(N2CCCC(NC)C2)n1. The third-order valence-electron chi connectivity index (χ3n) is 3.82. The predicted molar refractivity (Wildman–Crippen MR) is 77.8 cm³/mol. The Morgan fingerprint density at radius 2 is 2.37 bits per heavy atom. The van der Waals surface area contributed by atoms with E-state index in [2.05, 4.69) is 27.9 Å². The van der Waals surface area contributed by atoms with Crippen LogP contribution in [0.4, 0.5) is 5.95 Å². The molecule has 108 valence electrons. The maximum atomic E-state index is 5.19. The zero-order valence-electron chi connectivity index (χ0n) is 12.4. The molecule has 5 heteroatoms. The highest BCUT2D eigenvalue weighted by atomic mass is 16.5. The van der Waals surface area contributed by atoms with Crippen molar-refractivity contribution in [1.29, 1.82) is 0 Å². The molecule has 2 heterocycles. The van der Waals surface area contributed by atoms with Gasteiger partial charge in [0.25, 0.3) is 0 Å². The molecule has 0 radical (unpaired) electrons. The third kappa shape index (κ3) is 3.48. The number of nitrogens with one attached hydrogen (secondary N) is 1. The Hall–Kier alpha value is -1.07. The average Bonchev–Trinajstić information content (AvgIpc) is 2.88. The van der Waals surface area contributed by atoms with Crippen molar-refractivity contribution in [2.24, 2.45) is 0 Å². The second-order valence-electron chi connectivity index (χ2n) is 5.15. The molecule has 1 aromatic heterocycles. The van der Waals surface area contributed by atoms with Gasteiger partial charge in [0.15, 0.2) is 0 Å². The van der Waals surface area contributed by atoms with Crippen LogP contribution in [0.25, 0.3) is 0 Å². The molecule has 0 spiro atoms. The molecule has 5 nitrogen and oxygen atoms in total. The first-order chi connectivity index (χ1) is 9.28. The number of likely N-dealkylation sites (N-methyl/N-ethyl adjacent to an activating group) is 1. The molecule has 1 saturated heterocycles. The number of hydrogen-bond donors (Lipinski definition) is 1. The zero-order chi connectivity index (χ0) is 13.7. The number of aryl methyl sites for hydroxylation is 1. The Labute approximate surface area is 116 Å². The van der Waals surface area contributed by atoms with Crippen LogP contribution in [0.5, 0.6) is 0 Å². The largest absolute Gasteiger partial charge is 0.383 e. The highest BCUT2D eigenvalue weighted by Crippen LogP contribution is 2.20. The number of anilines is 1. The molecule has 1 atom stereocenters.